The van der Waals surface area contributed by atoms with Crippen molar-refractivity contribution in [2.24, 2.45) is 0 Å². The SMILES string of the molecule is CCc1ccc(C(CCn2c(O)c(C#N)c(C)cc2=O)OC)cc1. The van der Waals surface area contributed by atoms with Gasteiger partial charge < -0.3 is 9.84 Å². The van der Waals surface area contributed by atoms with Gasteiger partial charge in [0.05, 0.1) is 6.10 Å². The molecule has 1 aromatic heterocycles. The van der Waals surface area contributed by atoms with Gasteiger partial charge in [0.1, 0.15) is 11.6 Å². The van der Waals surface area contributed by atoms with Crippen LogP contribution in [0, 0.1) is 18.3 Å². The number of hydrogen-bond donors (Lipinski definition) is 1. The molecule has 2 aromatic rings. The van der Waals surface area contributed by atoms with Crippen molar-refractivity contribution in [3.63, 3.8) is 0 Å². The van der Waals surface area contributed by atoms with E-state index in [0.29, 0.717) is 12.0 Å². The van der Waals surface area contributed by atoms with Crippen molar-refractivity contribution < 1.29 is 9.84 Å². The number of nitrogens with zero attached hydrogens (tertiary/aromatic N) is 2. The van der Waals surface area contributed by atoms with Gasteiger partial charge in [-0.25, -0.2) is 0 Å². The van der Waals surface area contributed by atoms with Crippen LogP contribution in [0.5, 0.6) is 5.88 Å². The molecule has 0 aliphatic carbocycles. The Bertz CT molecular complexity index is 801. The highest BCUT2D eigenvalue weighted by Gasteiger charge is 2.15. The lowest BCUT2D eigenvalue weighted by Gasteiger charge is -2.18. The van der Waals surface area contributed by atoms with Crippen molar-refractivity contribution in [1.29, 1.82) is 5.26 Å². The Hall–Kier alpha value is -2.58. The topological polar surface area (TPSA) is 75.3 Å². The van der Waals surface area contributed by atoms with Gasteiger partial charge in [0.25, 0.3) is 5.56 Å². The van der Waals surface area contributed by atoms with Crippen molar-refractivity contribution in [2.75, 3.05) is 7.11 Å². The first-order valence-corrected chi connectivity index (χ1v) is 7.97. The zero-order valence-electron chi connectivity index (χ0n) is 14.2. The normalized spacial score (nSPS) is 11.9. The van der Waals surface area contributed by atoms with Crippen molar-refractivity contribution in [2.45, 2.75) is 39.3 Å². The number of pyridine rings is 1. The number of aromatic hydroxyl groups is 1. The van der Waals surface area contributed by atoms with E-state index < -0.39 is 0 Å². The minimum Gasteiger partial charge on any atom is -0.493 e. The minimum absolute atomic E-state index is 0.135. The number of aromatic nitrogens is 1. The van der Waals surface area contributed by atoms with Crippen LogP contribution in [0.15, 0.2) is 35.1 Å². The lowest BCUT2D eigenvalue weighted by molar-refractivity contribution is 0.0906. The van der Waals surface area contributed by atoms with Gasteiger partial charge in [-0.05, 0) is 36.5 Å². The maximum atomic E-state index is 12.1. The highest BCUT2D eigenvalue weighted by molar-refractivity contribution is 5.43. The molecule has 2 rings (SSSR count). The third-order valence-corrected chi connectivity index (χ3v) is 4.25. The molecule has 1 aromatic carbocycles. The Morgan fingerprint density at radius 2 is 2.00 bits per heavy atom. The largest absolute Gasteiger partial charge is 0.493 e. The zero-order chi connectivity index (χ0) is 17.7. The fourth-order valence-electron chi connectivity index (χ4n) is 2.74. The van der Waals surface area contributed by atoms with Crippen LogP contribution in [0.1, 0.15) is 41.7 Å². The van der Waals surface area contributed by atoms with E-state index in [-0.39, 0.29) is 29.7 Å². The molecule has 5 heteroatoms. The third-order valence-electron chi connectivity index (χ3n) is 4.25. The summed E-state index contributed by atoms with van der Waals surface area (Å²) in [5.41, 5.74) is 2.57. The molecule has 5 nitrogen and oxygen atoms in total. The Morgan fingerprint density at radius 1 is 1.33 bits per heavy atom. The summed E-state index contributed by atoms with van der Waals surface area (Å²) in [5.74, 6) is -0.279. The Balaban J connectivity index is 2.22. The van der Waals surface area contributed by atoms with Gasteiger partial charge in [0.2, 0.25) is 5.88 Å². The van der Waals surface area contributed by atoms with E-state index >= 15 is 0 Å². The van der Waals surface area contributed by atoms with Crippen molar-refractivity contribution in [1.82, 2.24) is 4.57 Å². The van der Waals surface area contributed by atoms with Crippen molar-refractivity contribution >= 4 is 0 Å². The zero-order valence-corrected chi connectivity index (χ0v) is 14.2. The van der Waals surface area contributed by atoms with Crippen LogP contribution in [0.2, 0.25) is 0 Å². The molecular formula is C19H22N2O3. The molecule has 1 heterocycles. The van der Waals surface area contributed by atoms with Gasteiger partial charge in [-0.2, -0.15) is 5.26 Å². The van der Waals surface area contributed by atoms with Crippen LogP contribution in [0.25, 0.3) is 0 Å². The number of hydrogen-bond acceptors (Lipinski definition) is 4. The van der Waals surface area contributed by atoms with Crippen LogP contribution in [0.4, 0.5) is 0 Å². The molecule has 0 aliphatic rings. The van der Waals surface area contributed by atoms with Gasteiger partial charge in [0.15, 0.2) is 0 Å². The van der Waals surface area contributed by atoms with Crippen LogP contribution >= 0.6 is 0 Å². The summed E-state index contributed by atoms with van der Waals surface area (Å²) in [6.07, 6.45) is 1.30. The van der Waals surface area contributed by atoms with E-state index in [4.69, 9.17) is 10.00 Å². The number of methoxy groups -OCH3 is 1. The molecule has 0 fully saturated rings. The summed E-state index contributed by atoms with van der Waals surface area (Å²) in [5, 5.41) is 19.3. The number of ether oxygens (including phenoxy) is 1. The van der Waals surface area contributed by atoms with Crippen LogP contribution < -0.4 is 5.56 Å². The van der Waals surface area contributed by atoms with E-state index in [2.05, 4.69) is 19.1 Å². The van der Waals surface area contributed by atoms with Crippen LogP contribution in [-0.2, 0) is 17.7 Å². The van der Waals surface area contributed by atoms with Crippen LogP contribution in [0.3, 0.4) is 0 Å². The lowest BCUT2D eigenvalue weighted by Crippen LogP contribution is -2.22. The van der Waals surface area contributed by atoms with Gasteiger partial charge in [-0.15, -0.1) is 0 Å². The summed E-state index contributed by atoms with van der Waals surface area (Å²) in [7, 11) is 1.62. The maximum absolute atomic E-state index is 12.1. The second-order valence-electron chi connectivity index (χ2n) is 5.74. The molecule has 0 bridgehead atoms. The summed E-state index contributed by atoms with van der Waals surface area (Å²) in [4.78, 5) is 12.1. The first kappa shape index (κ1) is 17.8. The number of aryl methyl sites for hydroxylation is 2. The summed E-state index contributed by atoms with van der Waals surface area (Å²) in [6, 6.07) is 11.5. The van der Waals surface area contributed by atoms with Gasteiger partial charge in [0, 0.05) is 19.7 Å². The third kappa shape index (κ3) is 3.66. The predicted octanol–water partition coefficient (Wildman–Crippen LogP) is 3.07. The lowest BCUT2D eigenvalue weighted by atomic mass is 10.0. The summed E-state index contributed by atoms with van der Waals surface area (Å²) >= 11 is 0. The fraction of sp³-hybridized carbons (Fsp3) is 0.368. The molecule has 0 spiro atoms. The maximum Gasteiger partial charge on any atom is 0.253 e. The summed E-state index contributed by atoms with van der Waals surface area (Å²) < 4.78 is 6.75. The summed E-state index contributed by atoms with van der Waals surface area (Å²) in [6.45, 7) is 4.01. The molecule has 0 amide bonds. The van der Waals surface area contributed by atoms with E-state index in [1.165, 1.54) is 16.2 Å². The first-order chi connectivity index (χ1) is 11.5. The molecule has 0 saturated heterocycles. The van der Waals surface area contributed by atoms with E-state index in [1.54, 1.807) is 14.0 Å². The number of nitriles is 1. The van der Waals surface area contributed by atoms with E-state index in [1.807, 2.05) is 18.2 Å². The van der Waals surface area contributed by atoms with Gasteiger partial charge in [-0.1, -0.05) is 31.2 Å². The molecule has 0 saturated carbocycles. The Morgan fingerprint density at radius 3 is 2.54 bits per heavy atom. The molecule has 126 valence electrons. The quantitative estimate of drug-likeness (QED) is 0.885. The number of rotatable bonds is 6. The second-order valence-corrected chi connectivity index (χ2v) is 5.74. The average molecular weight is 326 g/mol. The number of benzene rings is 1. The molecule has 24 heavy (non-hydrogen) atoms. The average Bonchev–Trinajstić information content (AvgIpc) is 2.58. The Labute approximate surface area is 141 Å². The Kier molecular flexibility index (Phi) is 5.78. The van der Waals surface area contributed by atoms with Crippen molar-refractivity contribution in [3.05, 3.63) is 62.9 Å². The van der Waals surface area contributed by atoms with E-state index in [0.717, 1.165) is 12.0 Å². The van der Waals surface area contributed by atoms with Gasteiger partial charge in [-0.3, -0.25) is 9.36 Å². The smallest absolute Gasteiger partial charge is 0.253 e. The first-order valence-electron chi connectivity index (χ1n) is 7.97. The molecule has 1 N–H and O–H groups in total. The molecule has 1 unspecified atom stereocenters. The molecule has 0 radical (unpaired) electrons. The molecular weight excluding hydrogens is 304 g/mol. The fourth-order valence-corrected chi connectivity index (χ4v) is 2.74. The monoisotopic (exact) mass is 326 g/mol. The van der Waals surface area contributed by atoms with Crippen molar-refractivity contribution in [3.8, 4) is 11.9 Å². The highest BCUT2D eigenvalue weighted by atomic mass is 16.5. The highest BCUT2D eigenvalue weighted by Crippen LogP contribution is 2.24. The van der Waals surface area contributed by atoms with E-state index in [9.17, 15) is 9.90 Å². The minimum atomic E-state index is -0.319. The molecule has 0 aliphatic heterocycles. The predicted molar refractivity (Wildman–Crippen MR) is 92.0 cm³/mol. The van der Waals surface area contributed by atoms with Crippen LogP contribution in [-0.4, -0.2) is 16.8 Å². The van der Waals surface area contributed by atoms with Gasteiger partial charge >= 0.3 is 0 Å². The standard InChI is InChI=1S/C19H22N2O3/c1-4-14-5-7-15(8-6-14)17(24-3)9-10-21-18(22)11-13(2)16(12-20)19(21)23/h5-8,11,17,23H,4,9-10H2,1-3H3. The molecule has 1 atom stereocenters. The second kappa shape index (κ2) is 7.80.